The molecular formula is C15H16FN3O. The van der Waals surface area contributed by atoms with E-state index < -0.39 is 0 Å². The van der Waals surface area contributed by atoms with E-state index in [9.17, 15) is 9.18 Å². The average molecular weight is 273 g/mol. The highest BCUT2D eigenvalue weighted by molar-refractivity contribution is 5.94. The fourth-order valence-electron chi connectivity index (χ4n) is 1.87. The Bertz CT molecular complexity index is 616. The van der Waals surface area contributed by atoms with Crippen molar-refractivity contribution in [2.24, 2.45) is 5.73 Å². The van der Waals surface area contributed by atoms with Gasteiger partial charge in [-0.1, -0.05) is 12.1 Å². The van der Waals surface area contributed by atoms with Gasteiger partial charge in [0.1, 0.15) is 5.82 Å². The Balaban J connectivity index is 2.10. The van der Waals surface area contributed by atoms with Crippen LogP contribution in [-0.4, -0.2) is 10.9 Å². The quantitative estimate of drug-likeness (QED) is 0.897. The summed E-state index contributed by atoms with van der Waals surface area (Å²) >= 11 is 0. The smallest absolute Gasteiger partial charge is 0.251 e. The summed E-state index contributed by atoms with van der Waals surface area (Å²) in [6.07, 6.45) is 1.55. The van der Waals surface area contributed by atoms with Gasteiger partial charge >= 0.3 is 0 Å². The number of carbonyl (C=O) groups excluding carboxylic acids is 1. The van der Waals surface area contributed by atoms with Crippen LogP contribution in [0.3, 0.4) is 0 Å². The van der Waals surface area contributed by atoms with E-state index in [0.29, 0.717) is 16.8 Å². The highest BCUT2D eigenvalue weighted by atomic mass is 19.1. The number of carbonyl (C=O) groups is 1. The van der Waals surface area contributed by atoms with E-state index in [4.69, 9.17) is 5.73 Å². The van der Waals surface area contributed by atoms with Gasteiger partial charge in [-0.25, -0.2) is 4.39 Å². The predicted octanol–water partition coefficient (Wildman–Crippen LogP) is 2.17. The molecule has 0 aliphatic carbocycles. The van der Waals surface area contributed by atoms with Gasteiger partial charge in [-0.05, 0) is 36.8 Å². The number of hydrogen-bond acceptors (Lipinski definition) is 3. The van der Waals surface area contributed by atoms with E-state index in [-0.39, 0.29) is 24.3 Å². The summed E-state index contributed by atoms with van der Waals surface area (Å²) < 4.78 is 13.2. The lowest BCUT2D eigenvalue weighted by Gasteiger charge is -2.14. The average Bonchev–Trinajstić information content (AvgIpc) is 2.47. The molecular weight excluding hydrogens is 257 g/mol. The van der Waals surface area contributed by atoms with Crippen LogP contribution in [0.4, 0.5) is 4.39 Å². The van der Waals surface area contributed by atoms with Crippen LogP contribution in [0.15, 0.2) is 42.6 Å². The number of benzene rings is 1. The first-order valence-corrected chi connectivity index (χ1v) is 6.31. The van der Waals surface area contributed by atoms with E-state index in [1.54, 1.807) is 37.4 Å². The second kappa shape index (κ2) is 6.25. The Labute approximate surface area is 116 Å². The van der Waals surface area contributed by atoms with Gasteiger partial charge in [0.05, 0.1) is 11.7 Å². The molecule has 2 aromatic rings. The van der Waals surface area contributed by atoms with E-state index in [0.717, 1.165) is 0 Å². The SMILES string of the molecule is C[C@H](NC(=O)c1ccnc(CN)c1)c1cccc(F)c1. The highest BCUT2D eigenvalue weighted by Crippen LogP contribution is 2.14. The molecule has 0 saturated heterocycles. The molecule has 2 rings (SSSR count). The first-order valence-electron chi connectivity index (χ1n) is 6.31. The summed E-state index contributed by atoms with van der Waals surface area (Å²) in [5.74, 6) is -0.559. The monoisotopic (exact) mass is 273 g/mol. The number of halogens is 1. The van der Waals surface area contributed by atoms with Gasteiger partial charge in [0.15, 0.2) is 0 Å². The summed E-state index contributed by atoms with van der Waals surface area (Å²) in [5, 5.41) is 2.82. The molecule has 1 heterocycles. The molecule has 3 N–H and O–H groups in total. The summed E-state index contributed by atoms with van der Waals surface area (Å²) in [5.41, 5.74) is 7.34. The minimum absolute atomic E-state index is 0.237. The third-order valence-electron chi connectivity index (χ3n) is 2.98. The van der Waals surface area contributed by atoms with Crippen molar-refractivity contribution in [3.05, 3.63) is 65.2 Å². The maximum atomic E-state index is 13.2. The molecule has 1 atom stereocenters. The first kappa shape index (κ1) is 14.1. The second-order valence-corrected chi connectivity index (χ2v) is 4.49. The third-order valence-corrected chi connectivity index (χ3v) is 2.98. The minimum atomic E-state index is -0.321. The predicted molar refractivity (Wildman–Crippen MR) is 74.4 cm³/mol. The molecule has 20 heavy (non-hydrogen) atoms. The van der Waals surface area contributed by atoms with E-state index >= 15 is 0 Å². The largest absolute Gasteiger partial charge is 0.346 e. The molecule has 1 aromatic heterocycles. The Kier molecular flexibility index (Phi) is 4.42. The Morgan fingerprint density at radius 1 is 1.40 bits per heavy atom. The number of nitrogens with one attached hydrogen (secondary N) is 1. The summed E-state index contributed by atoms with van der Waals surface area (Å²) in [6, 6.07) is 9.14. The van der Waals surface area contributed by atoms with Gasteiger partial charge in [0, 0.05) is 18.3 Å². The van der Waals surface area contributed by atoms with Gasteiger partial charge in [0.25, 0.3) is 5.91 Å². The summed E-state index contributed by atoms with van der Waals surface area (Å²) in [6.45, 7) is 2.08. The van der Waals surface area contributed by atoms with Crippen molar-refractivity contribution >= 4 is 5.91 Å². The zero-order chi connectivity index (χ0) is 14.5. The minimum Gasteiger partial charge on any atom is -0.346 e. The van der Waals surface area contributed by atoms with E-state index in [1.165, 1.54) is 12.1 Å². The van der Waals surface area contributed by atoms with E-state index in [1.807, 2.05) is 0 Å². The second-order valence-electron chi connectivity index (χ2n) is 4.49. The maximum Gasteiger partial charge on any atom is 0.251 e. The van der Waals surface area contributed by atoms with Crippen LogP contribution in [0.1, 0.15) is 34.6 Å². The maximum absolute atomic E-state index is 13.2. The lowest BCUT2D eigenvalue weighted by Crippen LogP contribution is -2.27. The normalized spacial score (nSPS) is 11.9. The Hall–Kier alpha value is -2.27. The summed E-state index contributed by atoms with van der Waals surface area (Å²) in [4.78, 5) is 16.1. The molecule has 0 aliphatic rings. The molecule has 0 aliphatic heterocycles. The molecule has 0 saturated carbocycles. The van der Waals surface area contributed by atoms with Crippen molar-refractivity contribution in [2.75, 3.05) is 0 Å². The Morgan fingerprint density at radius 3 is 2.90 bits per heavy atom. The topological polar surface area (TPSA) is 68.0 Å². The van der Waals surface area contributed by atoms with Crippen LogP contribution in [0.5, 0.6) is 0 Å². The van der Waals surface area contributed by atoms with E-state index in [2.05, 4.69) is 10.3 Å². The lowest BCUT2D eigenvalue weighted by molar-refractivity contribution is 0.0939. The highest BCUT2D eigenvalue weighted by Gasteiger charge is 2.12. The molecule has 0 spiro atoms. The fraction of sp³-hybridized carbons (Fsp3) is 0.200. The molecule has 0 fully saturated rings. The first-order chi connectivity index (χ1) is 9.60. The number of rotatable bonds is 4. The van der Waals surface area contributed by atoms with Crippen LogP contribution >= 0.6 is 0 Å². The summed E-state index contributed by atoms with van der Waals surface area (Å²) in [7, 11) is 0. The number of hydrogen-bond donors (Lipinski definition) is 2. The van der Waals surface area contributed by atoms with Crippen molar-refractivity contribution in [1.82, 2.24) is 10.3 Å². The third kappa shape index (κ3) is 3.39. The van der Waals surface area contributed by atoms with Gasteiger partial charge in [-0.3, -0.25) is 9.78 Å². The number of amides is 1. The molecule has 4 nitrogen and oxygen atoms in total. The Morgan fingerprint density at radius 2 is 2.20 bits per heavy atom. The number of pyridine rings is 1. The van der Waals surface area contributed by atoms with Gasteiger partial charge < -0.3 is 11.1 Å². The standard InChI is InChI=1S/C15H16FN3O/c1-10(11-3-2-4-13(16)7-11)19-15(20)12-5-6-18-14(8-12)9-17/h2-8,10H,9,17H2,1H3,(H,19,20)/t10-/m0/s1. The van der Waals surface area contributed by atoms with Crippen LogP contribution < -0.4 is 11.1 Å². The van der Waals surface area contributed by atoms with Crippen molar-refractivity contribution in [3.63, 3.8) is 0 Å². The van der Waals surface area contributed by atoms with Gasteiger partial charge in [-0.15, -0.1) is 0 Å². The van der Waals surface area contributed by atoms with Crippen LogP contribution in [-0.2, 0) is 6.54 Å². The van der Waals surface area contributed by atoms with Crippen molar-refractivity contribution in [3.8, 4) is 0 Å². The molecule has 104 valence electrons. The van der Waals surface area contributed by atoms with Gasteiger partial charge in [-0.2, -0.15) is 0 Å². The molecule has 5 heteroatoms. The molecule has 1 amide bonds. The number of aromatic nitrogens is 1. The molecule has 0 radical (unpaired) electrons. The van der Waals surface area contributed by atoms with Crippen LogP contribution in [0, 0.1) is 5.82 Å². The number of nitrogens with two attached hydrogens (primary N) is 1. The van der Waals surface area contributed by atoms with Crippen molar-refractivity contribution < 1.29 is 9.18 Å². The zero-order valence-electron chi connectivity index (χ0n) is 11.1. The lowest BCUT2D eigenvalue weighted by atomic mass is 10.1. The van der Waals surface area contributed by atoms with Crippen LogP contribution in [0.25, 0.3) is 0 Å². The van der Waals surface area contributed by atoms with Crippen LogP contribution in [0.2, 0.25) is 0 Å². The zero-order valence-corrected chi connectivity index (χ0v) is 11.1. The fourth-order valence-corrected chi connectivity index (χ4v) is 1.87. The number of nitrogens with zero attached hydrogens (tertiary/aromatic N) is 1. The molecule has 0 unspecified atom stereocenters. The molecule has 0 bridgehead atoms. The van der Waals surface area contributed by atoms with Crippen molar-refractivity contribution in [1.29, 1.82) is 0 Å². The molecule has 1 aromatic carbocycles. The van der Waals surface area contributed by atoms with Gasteiger partial charge in [0.2, 0.25) is 0 Å². The van der Waals surface area contributed by atoms with Crippen molar-refractivity contribution in [2.45, 2.75) is 19.5 Å².